The number of rotatable bonds is 8. The molecule has 0 aromatic carbocycles. The van der Waals surface area contributed by atoms with Crippen LogP contribution in [0, 0.1) is 0 Å². The van der Waals surface area contributed by atoms with E-state index in [2.05, 4.69) is 6.58 Å². The Bertz CT molecular complexity index is 83.6. The molecule has 11 heavy (non-hydrogen) atoms. The third-order valence-corrected chi connectivity index (χ3v) is 1.66. The fraction of sp³-hybridized carbons (Fsp3) is 0.778. The first kappa shape index (κ1) is 11.0. The summed E-state index contributed by atoms with van der Waals surface area (Å²) in [6, 6.07) is 0. The van der Waals surface area contributed by atoms with Crippen LogP contribution in [-0.2, 0) is 4.74 Å². The zero-order chi connectivity index (χ0) is 8.36. The molecule has 0 N–H and O–H groups in total. The van der Waals surface area contributed by atoms with Crippen molar-refractivity contribution in [2.45, 2.75) is 25.7 Å². The van der Waals surface area contributed by atoms with Crippen molar-refractivity contribution in [3.63, 3.8) is 0 Å². The minimum absolute atomic E-state index is 0.770. The fourth-order valence-electron chi connectivity index (χ4n) is 0.744. The third kappa shape index (κ3) is 9.99. The molecule has 0 aromatic heterocycles. The SMILES string of the molecule is C=CCCOCCCCCCl. The molecule has 0 aliphatic heterocycles. The van der Waals surface area contributed by atoms with Gasteiger partial charge in [0.15, 0.2) is 0 Å². The molecular weight excluding hydrogens is 160 g/mol. The van der Waals surface area contributed by atoms with Gasteiger partial charge in [0.2, 0.25) is 0 Å². The van der Waals surface area contributed by atoms with Crippen LogP contribution in [0.2, 0.25) is 0 Å². The molecular formula is C9H17ClO. The van der Waals surface area contributed by atoms with Gasteiger partial charge in [0.25, 0.3) is 0 Å². The Kier molecular flexibility index (Phi) is 9.98. The summed E-state index contributed by atoms with van der Waals surface area (Å²) < 4.78 is 5.31. The second-order valence-corrected chi connectivity index (χ2v) is 2.82. The number of unbranched alkanes of at least 4 members (excludes halogenated alkanes) is 2. The smallest absolute Gasteiger partial charge is 0.0500 e. The van der Waals surface area contributed by atoms with Crippen LogP contribution in [0.15, 0.2) is 12.7 Å². The molecule has 0 radical (unpaired) electrons. The Hall–Kier alpha value is -0.0100. The molecule has 0 aliphatic carbocycles. The first-order valence-corrected chi connectivity index (χ1v) is 4.70. The van der Waals surface area contributed by atoms with E-state index in [1.807, 2.05) is 6.08 Å². The van der Waals surface area contributed by atoms with Crippen molar-refractivity contribution in [2.24, 2.45) is 0 Å². The molecule has 0 aliphatic rings. The minimum Gasteiger partial charge on any atom is -0.381 e. The highest BCUT2D eigenvalue weighted by atomic mass is 35.5. The number of alkyl halides is 1. The molecule has 0 atom stereocenters. The van der Waals surface area contributed by atoms with Crippen molar-refractivity contribution in [3.05, 3.63) is 12.7 Å². The molecule has 0 fully saturated rings. The summed E-state index contributed by atoms with van der Waals surface area (Å²) in [5.74, 6) is 0.770. The van der Waals surface area contributed by atoms with Crippen molar-refractivity contribution in [1.82, 2.24) is 0 Å². The molecule has 0 amide bonds. The topological polar surface area (TPSA) is 9.23 Å². The normalized spacial score (nSPS) is 9.91. The van der Waals surface area contributed by atoms with Crippen molar-refractivity contribution in [1.29, 1.82) is 0 Å². The van der Waals surface area contributed by atoms with Gasteiger partial charge in [-0.05, 0) is 25.7 Å². The summed E-state index contributed by atoms with van der Waals surface area (Å²) in [5, 5.41) is 0. The second kappa shape index (κ2) is 9.99. The highest BCUT2D eigenvalue weighted by molar-refractivity contribution is 6.17. The number of halogens is 1. The molecule has 0 heterocycles. The maximum atomic E-state index is 5.51. The van der Waals surface area contributed by atoms with Crippen LogP contribution in [0.3, 0.4) is 0 Å². The van der Waals surface area contributed by atoms with Crippen LogP contribution in [0.4, 0.5) is 0 Å². The summed E-state index contributed by atoms with van der Waals surface area (Å²) in [4.78, 5) is 0. The number of hydrogen-bond donors (Lipinski definition) is 0. The van der Waals surface area contributed by atoms with Crippen molar-refractivity contribution in [3.8, 4) is 0 Å². The molecule has 66 valence electrons. The zero-order valence-electron chi connectivity index (χ0n) is 7.02. The summed E-state index contributed by atoms with van der Waals surface area (Å²) in [6.45, 7) is 5.29. The van der Waals surface area contributed by atoms with Gasteiger partial charge < -0.3 is 4.74 Å². The standard InChI is InChI=1S/C9H17ClO/c1-2-3-8-11-9-6-4-5-7-10/h2H,1,3-9H2. The molecule has 0 unspecified atom stereocenters. The van der Waals surface area contributed by atoms with Crippen molar-refractivity contribution < 1.29 is 4.74 Å². The van der Waals surface area contributed by atoms with Gasteiger partial charge in [0, 0.05) is 19.1 Å². The fourth-order valence-corrected chi connectivity index (χ4v) is 0.933. The van der Waals surface area contributed by atoms with Crippen molar-refractivity contribution >= 4 is 11.6 Å². The highest BCUT2D eigenvalue weighted by Gasteiger charge is 1.87. The monoisotopic (exact) mass is 176 g/mol. The van der Waals surface area contributed by atoms with Gasteiger partial charge >= 0.3 is 0 Å². The zero-order valence-corrected chi connectivity index (χ0v) is 7.78. The van der Waals surface area contributed by atoms with Gasteiger partial charge in [-0.1, -0.05) is 6.08 Å². The van der Waals surface area contributed by atoms with Gasteiger partial charge in [-0.3, -0.25) is 0 Å². The van der Waals surface area contributed by atoms with E-state index in [1.54, 1.807) is 0 Å². The lowest BCUT2D eigenvalue weighted by molar-refractivity contribution is 0.135. The van der Waals surface area contributed by atoms with Gasteiger partial charge in [0.05, 0.1) is 0 Å². The highest BCUT2D eigenvalue weighted by Crippen LogP contribution is 1.97. The predicted octanol–water partition coefficient (Wildman–Crippen LogP) is 2.99. The van der Waals surface area contributed by atoms with E-state index in [0.717, 1.165) is 38.4 Å². The van der Waals surface area contributed by atoms with Crippen LogP contribution >= 0.6 is 11.6 Å². The van der Waals surface area contributed by atoms with E-state index >= 15 is 0 Å². The average Bonchev–Trinajstić information content (AvgIpc) is 2.03. The molecule has 1 nitrogen and oxygen atoms in total. The van der Waals surface area contributed by atoms with E-state index in [-0.39, 0.29) is 0 Å². The third-order valence-electron chi connectivity index (χ3n) is 1.39. The molecule has 0 saturated heterocycles. The Labute approximate surface area is 74.4 Å². The summed E-state index contributed by atoms with van der Waals surface area (Å²) in [6.07, 6.45) is 6.24. The lowest BCUT2D eigenvalue weighted by Gasteiger charge is -2.00. The van der Waals surface area contributed by atoms with Crippen LogP contribution in [0.5, 0.6) is 0 Å². The maximum Gasteiger partial charge on any atom is 0.0500 e. The quantitative estimate of drug-likeness (QED) is 0.314. The molecule has 0 bridgehead atoms. The van der Waals surface area contributed by atoms with Gasteiger partial charge in [0.1, 0.15) is 0 Å². The number of hydrogen-bond acceptors (Lipinski definition) is 1. The lowest BCUT2D eigenvalue weighted by atomic mass is 10.3. The summed E-state index contributed by atoms with van der Waals surface area (Å²) in [7, 11) is 0. The molecule has 2 heteroatoms. The van der Waals surface area contributed by atoms with E-state index in [1.165, 1.54) is 6.42 Å². The lowest BCUT2D eigenvalue weighted by Crippen LogP contribution is -1.95. The van der Waals surface area contributed by atoms with Crippen LogP contribution in [0.1, 0.15) is 25.7 Å². The first-order valence-electron chi connectivity index (χ1n) is 4.16. The summed E-state index contributed by atoms with van der Waals surface area (Å²) in [5.41, 5.74) is 0. The first-order chi connectivity index (χ1) is 5.41. The molecule has 0 aromatic rings. The van der Waals surface area contributed by atoms with Crippen molar-refractivity contribution in [2.75, 3.05) is 19.1 Å². The van der Waals surface area contributed by atoms with Gasteiger partial charge in [-0.25, -0.2) is 0 Å². The molecule has 0 spiro atoms. The molecule has 0 rings (SSSR count). The predicted molar refractivity (Wildman–Crippen MR) is 50.2 cm³/mol. The Balaban J connectivity index is 2.74. The maximum absolute atomic E-state index is 5.51. The van der Waals surface area contributed by atoms with Crippen LogP contribution in [0.25, 0.3) is 0 Å². The van der Waals surface area contributed by atoms with E-state index in [9.17, 15) is 0 Å². The Morgan fingerprint density at radius 3 is 2.64 bits per heavy atom. The Morgan fingerprint density at radius 1 is 1.18 bits per heavy atom. The number of ether oxygens (including phenoxy) is 1. The Morgan fingerprint density at radius 2 is 2.00 bits per heavy atom. The van der Waals surface area contributed by atoms with Gasteiger partial charge in [-0.15, -0.1) is 18.2 Å². The largest absolute Gasteiger partial charge is 0.381 e. The average molecular weight is 177 g/mol. The summed E-state index contributed by atoms with van der Waals surface area (Å²) >= 11 is 5.51. The van der Waals surface area contributed by atoms with E-state index < -0.39 is 0 Å². The molecule has 0 saturated carbocycles. The van der Waals surface area contributed by atoms with Crippen LogP contribution < -0.4 is 0 Å². The van der Waals surface area contributed by atoms with Gasteiger partial charge in [-0.2, -0.15) is 0 Å². The van der Waals surface area contributed by atoms with Crippen LogP contribution in [-0.4, -0.2) is 19.1 Å². The van der Waals surface area contributed by atoms with E-state index in [4.69, 9.17) is 16.3 Å². The second-order valence-electron chi connectivity index (χ2n) is 2.44. The minimum atomic E-state index is 0.770. The van der Waals surface area contributed by atoms with E-state index in [0.29, 0.717) is 0 Å².